The van der Waals surface area contributed by atoms with E-state index in [4.69, 9.17) is 8.85 Å². The monoisotopic (exact) mass is 395 g/mol. The van der Waals surface area contributed by atoms with Crippen molar-refractivity contribution < 1.29 is 18.4 Å². The van der Waals surface area contributed by atoms with E-state index in [2.05, 4.69) is 35.6 Å². The zero-order chi connectivity index (χ0) is 16.4. The van der Waals surface area contributed by atoms with Gasteiger partial charge >= 0.3 is 5.97 Å². The fourth-order valence-corrected chi connectivity index (χ4v) is 4.56. The molecule has 1 aliphatic rings. The van der Waals surface area contributed by atoms with Crippen LogP contribution in [0.1, 0.15) is 6.42 Å². The molecule has 1 saturated heterocycles. The smallest absolute Gasteiger partial charge is 0.315 e. The van der Waals surface area contributed by atoms with Crippen molar-refractivity contribution in [2.45, 2.75) is 57.8 Å². The van der Waals surface area contributed by atoms with Crippen LogP contribution in [0.4, 0.5) is 0 Å². The van der Waals surface area contributed by atoms with Gasteiger partial charge in [-0.15, -0.1) is 0 Å². The summed E-state index contributed by atoms with van der Waals surface area (Å²) in [5.74, 6) is -0.376. The largest absolute Gasteiger partial charge is 0.518 e. The fraction of sp³-hybridized carbons (Fsp3) is 0.846. The Kier molecular flexibility index (Phi) is 6.22. The van der Waals surface area contributed by atoms with E-state index in [-0.39, 0.29) is 23.3 Å². The minimum absolute atomic E-state index is 0.0705. The highest BCUT2D eigenvalue weighted by atomic mass is 79.9. The van der Waals surface area contributed by atoms with Gasteiger partial charge in [0.25, 0.3) is 0 Å². The number of rotatable bonds is 5. The number of carbonyl (C=O) groups excluding carboxylic acids is 2. The molecule has 1 heterocycles. The third-order valence-corrected chi connectivity index (χ3v) is 5.23. The highest BCUT2D eigenvalue weighted by Gasteiger charge is 2.42. The number of nitrogens with zero attached hydrogens (tertiary/aromatic N) is 1. The van der Waals surface area contributed by atoms with Gasteiger partial charge in [-0.05, 0) is 39.3 Å². The third-order valence-electron chi connectivity index (χ3n) is 2.90. The molecule has 21 heavy (non-hydrogen) atoms. The van der Waals surface area contributed by atoms with Crippen molar-refractivity contribution in [1.29, 1.82) is 0 Å². The molecule has 0 bridgehead atoms. The molecule has 0 aromatic rings. The molecule has 122 valence electrons. The van der Waals surface area contributed by atoms with E-state index in [9.17, 15) is 9.59 Å². The van der Waals surface area contributed by atoms with Gasteiger partial charge in [-0.2, -0.15) is 0 Å². The fourth-order valence-electron chi connectivity index (χ4n) is 2.33. The maximum atomic E-state index is 12.4. The van der Waals surface area contributed by atoms with Crippen LogP contribution in [0.2, 0.25) is 39.3 Å². The lowest BCUT2D eigenvalue weighted by Gasteiger charge is -2.26. The van der Waals surface area contributed by atoms with Gasteiger partial charge in [-0.1, -0.05) is 15.9 Å². The Hall–Kier alpha value is -0.186. The number of halogens is 1. The molecular weight excluding hydrogens is 370 g/mol. The van der Waals surface area contributed by atoms with Crippen LogP contribution in [0.5, 0.6) is 0 Å². The molecular formula is C13H26BrNO4Si2. The quantitative estimate of drug-likeness (QED) is 0.530. The van der Waals surface area contributed by atoms with Crippen molar-refractivity contribution in [3.8, 4) is 0 Å². The molecule has 1 fully saturated rings. The Morgan fingerprint density at radius 3 is 2.14 bits per heavy atom. The Balaban J connectivity index is 2.83. The second-order valence-corrected chi connectivity index (χ2v) is 16.8. The molecule has 5 nitrogen and oxygen atoms in total. The molecule has 0 saturated carbocycles. The van der Waals surface area contributed by atoms with Gasteiger partial charge in [0.2, 0.25) is 14.2 Å². The number of amides is 1. The summed E-state index contributed by atoms with van der Waals surface area (Å²) in [7, 11) is -3.66. The summed E-state index contributed by atoms with van der Waals surface area (Å²) in [6, 6.07) is -0.511. The first kappa shape index (κ1) is 18.9. The van der Waals surface area contributed by atoms with E-state index in [0.29, 0.717) is 13.0 Å². The maximum Gasteiger partial charge on any atom is 0.315 e. The lowest BCUT2D eigenvalue weighted by atomic mass is 10.2. The highest BCUT2D eigenvalue weighted by Crippen LogP contribution is 2.25. The molecule has 1 amide bonds. The molecule has 0 aromatic heterocycles. The Bertz CT molecular complexity index is 406. The lowest BCUT2D eigenvalue weighted by molar-refractivity contribution is -0.145. The zero-order valence-corrected chi connectivity index (χ0v) is 17.3. The molecule has 8 heteroatoms. The summed E-state index contributed by atoms with van der Waals surface area (Å²) in [5, 5.41) is 0.212. The van der Waals surface area contributed by atoms with Crippen LogP contribution >= 0.6 is 15.9 Å². The molecule has 0 radical (unpaired) electrons. The summed E-state index contributed by atoms with van der Waals surface area (Å²) in [6.45, 7) is 12.7. The first-order valence-corrected chi connectivity index (χ1v) is 15.1. The molecule has 1 rings (SSSR count). The normalized spacial score (nSPS) is 23.3. The van der Waals surface area contributed by atoms with Crippen molar-refractivity contribution in [3.63, 3.8) is 0 Å². The molecule has 2 atom stereocenters. The van der Waals surface area contributed by atoms with E-state index in [1.54, 1.807) is 4.90 Å². The Labute approximate surface area is 137 Å². The van der Waals surface area contributed by atoms with Crippen LogP contribution in [0.15, 0.2) is 0 Å². The summed E-state index contributed by atoms with van der Waals surface area (Å²) in [6.07, 6.45) is 0.464. The third kappa shape index (κ3) is 6.21. The van der Waals surface area contributed by atoms with Crippen LogP contribution in [0.3, 0.4) is 0 Å². The molecule has 0 aromatic carbocycles. The Morgan fingerprint density at radius 2 is 1.71 bits per heavy atom. The summed E-state index contributed by atoms with van der Waals surface area (Å²) in [4.78, 5) is 26.0. The van der Waals surface area contributed by atoms with Crippen molar-refractivity contribution in [2.24, 2.45) is 0 Å². The van der Waals surface area contributed by atoms with E-state index in [0.717, 1.165) is 0 Å². The van der Waals surface area contributed by atoms with E-state index in [1.807, 2.05) is 19.6 Å². The summed E-state index contributed by atoms with van der Waals surface area (Å²) >= 11 is 3.18. The number of carbonyl (C=O) groups is 2. The molecule has 0 spiro atoms. The van der Waals surface area contributed by atoms with E-state index in [1.165, 1.54) is 0 Å². The van der Waals surface area contributed by atoms with Crippen molar-refractivity contribution >= 4 is 44.4 Å². The topological polar surface area (TPSA) is 55.8 Å². The van der Waals surface area contributed by atoms with Crippen molar-refractivity contribution in [3.05, 3.63) is 0 Å². The average Bonchev–Trinajstić information content (AvgIpc) is 2.67. The number of hydrogen-bond donors (Lipinski definition) is 0. The predicted octanol–water partition coefficient (Wildman–Crippen LogP) is 2.58. The highest BCUT2D eigenvalue weighted by molar-refractivity contribution is 9.09. The molecule has 0 aliphatic carbocycles. The number of likely N-dealkylation sites (tertiary alicyclic amines) is 1. The molecule has 1 aliphatic heterocycles. The van der Waals surface area contributed by atoms with Crippen molar-refractivity contribution in [2.75, 3.05) is 11.9 Å². The lowest BCUT2D eigenvalue weighted by Crippen LogP contribution is -2.45. The molecule has 0 N–H and O–H groups in total. The van der Waals surface area contributed by atoms with Crippen LogP contribution in [-0.2, 0) is 18.4 Å². The SMILES string of the molecule is C[Si](C)(C)OC(=O)[C@H]1C[C@H](O[Si](C)(C)C)CN1C(=O)CBr. The standard InChI is InChI=1S/C13H26BrNO4Si2/c1-20(2,3)18-10-7-11(13(17)19-21(4,5)6)15(9-10)12(16)8-14/h10-11H,7-9H2,1-6H3/t10-,11+/m0/s1. The van der Waals surface area contributed by atoms with Gasteiger partial charge in [0, 0.05) is 13.0 Å². The van der Waals surface area contributed by atoms with Gasteiger partial charge in [0.05, 0.1) is 11.4 Å². The van der Waals surface area contributed by atoms with Gasteiger partial charge in [-0.3, -0.25) is 9.59 Å². The van der Waals surface area contributed by atoms with Gasteiger partial charge in [-0.25, -0.2) is 0 Å². The van der Waals surface area contributed by atoms with Crippen LogP contribution in [-0.4, -0.2) is 57.4 Å². The zero-order valence-electron chi connectivity index (χ0n) is 13.7. The summed E-state index contributed by atoms with van der Waals surface area (Å²) in [5.41, 5.74) is 0. The minimum atomic E-state index is -1.96. The van der Waals surface area contributed by atoms with E-state index >= 15 is 0 Å². The van der Waals surface area contributed by atoms with Gasteiger partial charge in [0.1, 0.15) is 6.04 Å². The Morgan fingerprint density at radius 1 is 1.14 bits per heavy atom. The second-order valence-electron chi connectivity index (χ2n) is 7.32. The first-order valence-electron chi connectivity index (χ1n) is 7.19. The minimum Gasteiger partial charge on any atom is -0.518 e. The second kappa shape index (κ2) is 6.93. The van der Waals surface area contributed by atoms with Crippen LogP contribution in [0.25, 0.3) is 0 Å². The van der Waals surface area contributed by atoms with Gasteiger partial charge in [0.15, 0.2) is 8.32 Å². The van der Waals surface area contributed by atoms with Crippen LogP contribution < -0.4 is 0 Å². The van der Waals surface area contributed by atoms with Crippen LogP contribution in [0, 0.1) is 0 Å². The number of alkyl halides is 1. The van der Waals surface area contributed by atoms with E-state index < -0.39 is 22.7 Å². The summed E-state index contributed by atoms with van der Waals surface area (Å²) < 4.78 is 11.6. The van der Waals surface area contributed by atoms with Gasteiger partial charge < -0.3 is 13.8 Å². The molecule has 0 unspecified atom stereocenters. The number of hydrogen-bond acceptors (Lipinski definition) is 4. The predicted molar refractivity (Wildman–Crippen MR) is 91.6 cm³/mol. The maximum absolute atomic E-state index is 12.4. The van der Waals surface area contributed by atoms with Crippen molar-refractivity contribution in [1.82, 2.24) is 4.90 Å². The first-order chi connectivity index (χ1) is 9.43. The average molecular weight is 396 g/mol.